The normalized spacial score (nSPS) is 28.2. The summed E-state index contributed by atoms with van der Waals surface area (Å²) in [5.74, 6) is 0.936. The van der Waals surface area contributed by atoms with E-state index in [1.165, 1.54) is 57.4 Å². The molecule has 1 heterocycles. The number of hydrogen-bond acceptors (Lipinski definition) is 2. The number of hydrogen-bond donors (Lipinski definition) is 0. The van der Waals surface area contributed by atoms with Crippen LogP contribution in [0.1, 0.15) is 38.2 Å². The fraction of sp³-hybridized carbons (Fsp3) is 0.600. The number of benzene rings is 1. The van der Waals surface area contributed by atoms with Crippen molar-refractivity contribution in [2.75, 3.05) is 32.7 Å². The molecule has 2 atom stereocenters. The van der Waals surface area contributed by atoms with Crippen molar-refractivity contribution in [2.45, 2.75) is 38.6 Å². The van der Waals surface area contributed by atoms with Gasteiger partial charge in [-0.25, -0.2) is 0 Å². The highest BCUT2D eigenvalue weighted by molar-refractivity contribution is 5.48. The van der Waals surface area contributed by atoms with Crippen molar-refractivity contribution in [3.05, 3.63) is 42.0 Å². The van der Waals surface area contributed by atoms with Gasteiger partial charge in [0.1, 0.15) is 0 Å². The lowest BCUT2D eigenvalue weighted by Crippen LogP contribution is -2.51. The van der Waals surface area contributed by atoms with E-state index in [9.17, 15) is 0 Å². The second-order valence-electron chi connectivity index (χ2n) is 7.08. The summed E-state index contributed by atoms with van der Waals surface area (Å²) in [4.78, 5) is 5.34. The smallest absolute Gasteiger partial charge is 0.0167 e. The van der Waals surface area contributed by atoms with Gasteiger partial charge in [-0.2, -0.15) is 0 Å². The van der Waals surface area contributed by atoms with Crippen molar-refractivity contribution < 1.29 is 0 Å². The fourth-order valence-corrected chi connectivity index (χ4v) is 3.95. The SMILES string of the molecule is C[C@@H]1CCC[C@H](N2CCN(CC=Cc3ccccc3)CC2)C1. The minimum absolute atomic E-state index is 0.866. The maximum atomic E-state index is 2.76. The van der Waals surface area contributed by atoms with Crippen LogP contribution in [0.5, 0.6) is 0 Å². The summed E-state index contributed by atoms with van der Waals surface area (Å²) in [5.41, 5.74) is 1.30. The Morgan fingerprint density at radius 1 is 1.05 bits per heavy atom. The van der Waals surface area contributed by atoms with Crippen molar-refractivity contribution in [2.24, 2.45) is 5.92 Å². The van der Waals surface area contributed by atoms with Crippen LogP contribution in [0.15, 0.2) is 36.4 Å². The van der Waals surface area contributed by atoms with Gasteiger partial charge in [-0.3, -0.25) is 9.80 Å². The van der Waals surface area contributed by atoms with Gasteiger partial charge in [0, 0.05) is 38.8 Å². The zero-order chi connectivity index (χ0) is 15.2. The number of piperazine rings is 1. The molecule has 2 nitrogen and oxygen atoms in total. The van der Waals surface area contributed by atoms with E-state index in [-0.39, 0.29) is 0 Å². The fourth-order valence-electron chi connectivity index (χ4n) is 3.95. The van der Waals surface area contributed by atoms with Crippen LogP contribution in [0.2, 0.25) is 0 Å². The van der Waals surface area contributed by atoms with Crippen LogP contribution >= 0.6 is 0 Å². The van der Waals surface area contributed by atoms with E-state index in [1.54, 1.807) is 0 Å². The molecule has 120 valence electrons. The van der Waals surface area contributed by atoms with E-state index in [1.807, 2.05) is 0 Å². The molecule has 0 N–H and O–H groups in total. The van der Waals surface area contributed by atoms with Crippen molar-refractivity contribution in [3.63, 3.8) is 0 Å². The Morgan fingerprint density at radius 2 is 1.82 bits per heavy atom. The molecule has 0 aromatic heterocycles. The predicted molar refractivity (Wildman–Crippen MR) is 94.9 cm³/mol. The summed E-state index contributed by atoms with van der Waals surface area (Å²) in [6.45, 7) is 8.49. The summed E-state index contributed by atoms with van der Waals surface area (Å²) < 4.78 is 0. The van der Waals surface area contributed by atoms with Crippen molar-refractivity contribution in [1.82, 2.24) is 9.80 Å². The van der Waals surface area contributed by atoms with Crippen LogP contribution in [0.25, 0.3) is 6.08 Å². The van der Waals surface area contributed by atoms with E-state index in [0.29, 0.717) is 0 Å². The van der Waals surface area contributed by atoms with E-state index < -0.39 is 0 Å². The lowest BCUT2D eigenvalue weighted by molar-refractivity contribution is 0.0740. The van der Waals surface area contributed by atoms with Crippen molar-refractivity contribution >= 4 is 6.08 Å². The molecule has 0 unspecified atom stereocenters. The monoisotopic (exact) mass is 298 g/mol. The standard InChI is InChI=1S/C20H30N2/c1-18-7-5-11-20(17-18)22-15-13-21(14-16-22)12-6-10-19-8-3-2-4-9-19/h2-4,6,8-10,18,20H,5,7,11-17H2,1H3/t18-,20+/m1/s1. The van der Waals surface area contributed by atoms with Gasteiger partial charge >= 0.3 is 0 Å². The molecule has 0 amide bonds. The minimum Gasteiger partial charge on any atom is -0.298 e. The Balaban J connectivity index is 1.41. The molecular weight excluding hydrogens is 268 g/mol. The zero-order valence-corrected chi connectivity index (χ0v) is 14.0. The molecule has 2 heteroatoms. The first-order valence-electron chi connectivity index (χ1n) is 8.99. The Hall–Kier alpha value is -1.12. The largest absolute Gasteiger partial charge is 0.298 e. The summed E-state index contributed by atoms with van der Waals surface area (Å²) in [6.07, 6.45) is 10.3. The van der Waals surface area contributed by atoms with Gasteiger partial charge in [0.05, 0.1) is 0 Å². The van der Waals surface area contributed by atoms with E-state index in [4.69, 9.17) is 0 Å². The van der Waals surface area contributed by atoms with E-state index >= 15 is 0 Å². The Labute approximate surface area is 135 Å². The first kappa shape index (κ1) is 15.8. The molecule has 1 aromatic carbocycles. The molecule has 3 rings (SSSR count). The van der Waals surface area contributed by atoms with Gasteiger partial charge in [0.15, 0.2) is 0 Å². The summed E-state index contributed by atoms with van der Waals surface area (Å²) in [5, 5.41) is 0. The van der Waals surface area contributed by atoms with Gasteiger partial charge < -0.3 is 0 Å². The van der Waals surface area contributed by atoms with Crippen LogP contribution in [0.3, 0.4) is 0 Å². The van der Waals surface area contributed by atoms with Crippen LogP contribution in [0.4, 0.5) is 0 Å². The van der Waals surface area contributed by atoms with Crippen LogP contribution in [-0.2, 0) is 0 Å². The van der Waals surface area contributed by atoms with Crippen molar-refractivity contribution in [3.8, 4) is 0 Å². The van der Waals surface area contributed by atoms with Crippen LogP contribution in [0, 0.1) is 5.92 Å². The highest BCUT2D eigenvalue weighted by Gasteiger charge is 2.27. The molecule has 0 bridgehead atoms. The highest BCUT2D eigenvalue weighted by atomic mass is 15.3. The highest BCUT2D eigenvalue weighted by Crippen LogP contribution is 2.27. The zero-order valence-electron chi connectivity index (χ0n) is 14.0. The molecule has 1 aliphatic carbocycles. The lowest BCUT2D eigenvalue weighted by atomic mass is 9.86. The number of rotatable bonds is 4. The average Bonchev–Trinajstić information content (AvgIpc) is 2.56. The van der Waals surface area contributed by atoms with Gasteiger partial charge in [0.2, 0.25) is 0 Å². The van der Waals surface area contributed by atoms with Gasteiger partial charge in [-0.1, -0.05) is 62.2 Å². The molecule has 2 aliphatic rings. The van der Waals surface area contributed by atoms with Gasteiger partial charge in [0.25, 0.3) is 0 Å². The minimum atomic E-state index is 0.866. The summed E-state index contributed by atoms with van der Waals surface area (Å²) >= 11 is 0. The molecule has 1 saturated carbocycles. The molecule has 1 aromatic rings. The quantitative estimate of drug-likeness (QED) is 0.832. The Morgan fingerprint density at radius 3 is 2.55 bits per heavy atom. The Bertz CT molecular complexity index is 460. The molecule has 0 radical (unpaired) electrons. The topological polar surface area (TPSA) is 6.48 Å². The van der Waals surface area contributed by atoms with E-state index in [2.05, 4.69) is 59.2 Å². The van der Waals surface area contributed by atoms with Crippen molar-refractivity contribution in [1.29, 1.82) is 0 Å². The maximum absolute atomic E-state index is 2.76. The third-order valence-corrected chi connectivity index (χ3v) is 5.31. The number of nitrogens with zero attached hydrogens (tertiary/aromatic N) is 2. The van der Waals surface area contributed by atoms with Crippen LogP contribution < -0.4 is 0 Å². The van der Waals surface area contributed by atoms with Gasteiger partial charge in [-0.05, 0) is 24.3 Å². The third kappa shape index (κ3) is 4.44. The Kier molecular flexibility index (Phi) is 5.69. The summed E-state index contributed by atoms with van der Waals surface area (Å²) in [7, 11) is 0. The average molecular weight is 298 g/mol. The second kappa shape index (κ2) is 7.94. The summed E-state index contributed by atoms with van der Waals surface area (Å²) in [6, 6.07) is 11.5. The first-order chi connectivity index (χ1) is 10.8. The van der Waals surface area contributed by atoms with Crippen LogP contribution in [-0.4, -0.2) is 48.6 Å². The molecular formula is C20H30N2. The van der Waals surface area contributed by atoms with Gasteiger partial charge in [-0.15, -0.1) is 0 Å². The molecule has 22 heavy (non-hydrogen) atoms. The van der Waals surface area contributed by atoms with E-state index in [0.717, 1.165) is 18.5 Å². The second-order valence-corrected chi connectivity index (χ2v) is 7.08. The first-order valence-corrected chi connectivity index (χ1v) is 8.99. The molecule has 1 aliphatic heterocycles. The maximum Gasteiger partial charge on any atom is 0.0167 e. The lowest BCUT2D eigenvalue weighted by Gasteiger charge is -2.41. The molecule has 2 fully saturated rings. The molecule has 0 spiro atoms. The third-order valence-electron chi connectivity index (χ3n) is 5.31. The molecule has 1 saturated heterocycles. The predicted octanol–water partition coefficient (Wildman–Crippen LogP) is 3.90.